The monoisotopic (exact) mass is 311 g/mol. The van der Waals surface area contributed by atoms with Gasteiger partial charge in [0.15, 0.2) is 6.20 Å². The molecule has 0 radical (unpaired) electrons. The Balaban J connectivity index is 2.02. The molecule has 4 aromatic rings. The fourth-order valence-electron chi connectivity index (χ4n) is 3.25. The summed E-state index contributed by atoms with van der Waals surface area (Å²) in [6.45, 7) is 2.17. The Hall–Kier alpha value is -3.00. The first-order valence-electron chi connectivity index (χ1n) is 8.13. The molecular weight excluding hydrogens is 292 g/mol. The van der Waals surface area contributed by atoms with Gasteiger partial charge in [-0.15, -0.1) is 0 Å². The Morgan fingerprint density at radius 2 is 1.75 bits per heavy atom. The molecule has 0 amide bonds. The van der Waals surface area contributed by atoms with Gasteiger partial charge in [-0.25, -0.2) is 4.57 Å². The van der Waals surface area contributed by atoms with Crippen molar-refractivity contribution in [1.29, 1.82) is 0 Å². The zero-order valence-corrected chi connectivity index (χ0v) is 13.9. The van der Waals surface area contributed by atoms with Gasteiger partial charge in [0.1, 0.15) is 7.05 Å². The lowest BCUT2D eigenvalue weighted by Gasteiger charge is -2.09. The van der Waals surface area contributed by atoms with Crippen LogP contribution in [0, 0.1) is 6.92 Å². The number of benzene rings is 2. The van der Waals surface area contributed by atoms with Crippen LogP contribution >= 0.6 is 0 Å². The zero-order chi connectivity index (χ0) is 16.5. The topological polar surface area (TPSA) is 16.8 Å². The van der Waals surface area contributed by atoms with Crippen molar-refractivity contribution in [3.8, 4) is 22.4 Å². The van der Waals surface area contributed by atoms with Crippen LogP contribution in [0.2, 0.25) is 0 Å². The fraction of sp³-hybridized carbons (Fsp3) is 0.0909. The van der Waals surface area contributed by atoms with Crippen LogP contribution in [0.25, 0.3) is 33.2 Å². The Bertz CT molecular complexity index is 1020. The number of fused-ring (bicyclic) bond motifs is 1. The number of hydrogen-bond donors (Lipinski definition) is 0. The number of aryl methyl sites for hydroxylation is 2. The Kier molecular flexibility index (Phi) is 3.58. The maximum atomic E-state index is 4.25. The predicted molar refractivity (Wildman–Crippen MR) is 98.5 cm³/mol. The first-order chi connectivity index (χ1) is 11.7. The van der Waals surface area contributed by atoms with Gasteiger partial charge in [0, 0.05) is 29.6 Å². The summed E-state index contributed by atoms with van der Waals surface area (Å²) in [7, 11) is 2.11. The van der Waals surface area contributed by atoms with E-state index < -0.39 is 0 Å². The van der Waals surface area contributed by atoms with E-state index in [0.29, 0.717) is 0 Å². The average molecular weight is 311 g/mol. The molecule has 0 bridgehead atoms. The van der Waals surface area contributed by atoms with Crippen molar-refractivity contribution < 1.29 is 4.57 Å². The highest BCUT2D eigenvalue weighted by Crippen LogP contribution is 2.31. The summed E-state index contributed by atoms with van der Waals surface area (Å²) in [4.78, 5) is 4.25. The third-order valence-electron chi connectivity index (χ3n) is 4.53. The first kappa shape index (κ1) is 14.6. The van der Waals surface area contributed by atoms with E-state index in [2.05, 4.69) is 84.3 Å². The van der Waals surface area contributed by atoms with E-state index in [9.17, 15) is 0 Å². The number of rotatable bonds is 2. The predicted octanol–water partition coefficient (Wildman–Crippen LogP) is 4.70. The molecule has 0 aliphatic carbocycles. The summed E-state index contributed by atoms with van der Waals surface area (Å²) < 4.78 is 2.21. The van der Waals surface area contributed by atoms with Gasteiger partial charge < -0.3 is 0 Å². The van der Waals surface area contributed by atoms with Gasteiger partial charge in [0.05, 0.1) is 5.39 Å². The second-order valence-corrected chi connectivity index (χ2v) is 6.13. The standard InChI is InChI=1S/C22H19N2/c1-16-6-3-4-8-20(16)22-21-14-18(19-7-5-12-23-15-19)10-9-17(21)11-13-24(22)2/h3-15H,1-2H3/q+1. The van der Waals surface area contributed by atoms with E-state index in [4.69, 9.17) is 0 Å². The van der Waals surface area contributed by atoms with Crippen molar-refractivity contribution in [2.24, 2.45) is 7.05 Å². The molecule has 2 aromatic heterocycles. The minimum Gasteiger partial charge on any atom is -0.264 e. The Labute approximate surface area is 142 Å². The van der Waals surface area contributed by atoms with Crippen LogP contribution in [-0.4, -0.2) is 4.98 Å². The van der Waals surface area contributed by atoms with E-state index in [0.717, 1.165) is 5.56 Å². The molecule has 0 spiro atoms. The lowest BCUT2D eigenvalue weighted by molar-refractivity contribution is -0.659. The van der Waals surface area contributed by atoms with Gasteiger partial charge in [0.25, 0.3) is 0 Å². The molecule has 2 heteroatoms. The maximum Gasteiger partial charge on any atom is 0.220 e. The van der Waals surface area contributed by atoms with Crippen molar-refractivity contribution in [3.63, 3.8) is 0 Å². The first-order valence-corrected chi connectivity index (χ1v) is 8.13. The summed E-state index contributed by atoms with van der Waals surface area (Å²) in [6.07, 6.45) is 5.86. The van der Waals surface area contributed by atoms with Crippen molar-refractivity contribution in [2.75, 3.05) is 0 Å². The average Bonchev–Trinajstić information content (AvgIpc) is 2.63. The second kappa shape index (κ2) is 5.89. The van der Waals surface area contributed by atoms with Crippen molar-refractivity contribution in [2.45, 2.75) is 6.92 Å². The van der Waals surface area contributed by atoms with E-state index >= 15 is 0 Å². The van der Waals surface area contributed by atoms with Gasteiger partial charge in [-0.05, 0) is 41.6 Å². The highest BCUT2D eigenvalue weighted by molar-refractivity contribution is 5.96. The molecule has 0 aliphatic heterocycles. The minimum atomic E-state index is 1.14. The van der Waals surface area contributed by atoms with Crippen LogP contribution in [0.15, 0.2) is 79.3 Å². The fourth-order valence-corrected chi connectivity index (χ4v) is 3.25. The Morgan fingerprint density at radius 3 is 2.54 bits per heavy atom. The molecule has 2 aromatic carbocycles. The molecule has 0 saturated carbocycles. The highest BCUT2D eigenvalue weighted by Gasteiger charge is 2.17. The Morgan fingerprint density at radius 1 is 0.875 bits per heavy atom. The van der Waals surface area contributed by atoms with E-state index in [1.165, 1.54) is 33.2 Å². The summed E-state index contributed by atoms with van der Waals surface area (Å²) in [5.41, 5.74) is 6.14. The molecular formula is C22H19N2+. The molecule has 24 heavy (non-hydrogen) atoms. The molecule has 0 aliphatic rings. The van der Waals surface area contributed by atoms with Crippen LogP contribution < -0.4 is 4.57 Å². The largest absolute Gasteiger partial charge is 0.264 e. The number of aromatic nitrogens is 2. The van der Waals surface area contributed by atoms with Gasteiger partial charge in [-0.1, -0.05) is 36.4 Å². The SMILES string of the molecule is Cc1ccccc1-c1c2cc(-c3cccnc3)ccc2cc[n+]1C. The number of nitrogens with zero attached hydrogens (tertiary/aromatic N) is 2. The third kappa shape index (κ3) is 2.46. The van der Waals surface area contributed by atoms with Gasteiger partial charge in [0.2, 0.25) is 5.69 Å². The number of pyridine rings is 2. The molecule has 0 atom stereocenters. The van der Waals surface area contributed by atoms with Crippen molar-refractivity contribution in [1.82, 2.24) is 4.98 Å². The van der Waals surface area contributed by atoms with Gasteiger partial charge in [-0.2, -0.15) is 0 Å². The van der Waals surface area contributed by atoms with E-state index in [1.54, 1.807) is 0 Å². The molecule has 4 rings (SSSR count). The normalized spacial score (nSPS) is 10.9. The van der Waals surface area contributed by atoms with Crippen LogP contribution in [-0.2, 0) is 7.05 Å². The maximum absolute atomic E-state index is 4.25. The summed E-state index contributed by atoms with van der Waals surface area (Å²) in [6, 6.07) is 21.4. The minimum absolute atomic E-state index is 1.14. The summed E-state index contributed by atoms with van der Waals surface area (Å²) in [5.74, 6) is 0. The summed E-state index contributed by atoms with van der Waals surface area (Å²) >= 11 is 0. The molecule has 0 saturated heterocycles. The molecule has 2 heterocycles. The van der Waals surface area contributed by atoms with Crippen molar-refractivity contribution >= 4 is 10.8 Å². The lowest BCUT2D eigenvalue weighted by atomic mass is 9.97. The lowest BCUT2D eigenvalue weighted by Crippen LogP contribution is -2.30. The zero-order valence-electron chi connectivity index (χ0n) is 13.9. The van der Waals surface area contributed by atoms with Gasteiger partial charge >= 0.3 is 0 Å². The van der Waals surface area contributed by atoms with Crippen molar-refractivity contribution in [3.05, 3.63) is 84.8 Å². The highest BCUT2D eigenvalue weighted by atomic mass is 14.9. The molecule has 0 N–H and O–H groups in total. The van der Waals surface area contributed by atoms with Crippen LogP contribution in [0.4, 0.5) is 0 Å². The van der Waals surface area contributed by atoms with E-state index in [1.807, 2.05) is 18.5 Å². The second-order valence-electron chi connectivity index (χ2n) is 6.13. The third-order valence-corrected chi connectivity index (χ3v) is 4.53. The van der Waals surface area contributed by atoms with Crippen LogP contribution in [0.3, 0.4) is 0 Å². The smallest absolute Gasteiger partial charge is 0.220 e. The molecule has 0 unspecified atom stereocenters. The quantitative estimate of drug-likeness (QED) is 0.490. The van der Waals surface area contributed by atoms with Gasteiger partial charge in [-0.3, -0.25) is 4.98 Å². The van der Waals surface area contributed by atoms with Crippen LogP contribution in [0.1, 0.15) is 5.56 Å². The molecule has 2 nitrogen and oxygen atoms in total. The molecule has 0 fully saturated rings. The molecule has 116 valence electrons. The van der Waals surface area contributed by atoms with E-state index in [-0.39, 0.29) is 0 Å². The van der Waals surface area contributed by atoms with Crippen LogP contribution in [0.5, 0.6) is 0 Å². The number of hydrogen-bond acceptors (Lipinski definition) is 1. The summed E-state index contributed by atoms with van der Waals surface area (Å²) in [5, 5.41) is 2.51.